The molecule has 1 amide bonds. The van der Waals surface area contributed by atoms with Gasteiger partial charge >= 0.3 is 0 Å². The first kappa shape index (κ1) is 16.8. The second-order valence-corrected chi connectivity index (χ2v) is 4.45. The Morgan fingerprint density at radius 1 is 1.33 bits per heavy atom. The lowest BCUT2D eigenvalue weighted by Crippen LogP contribution is -2.44. The molecule has 1 aromatic rings. The van der Waals surface area contributed by atoms with Crippen molar-refractivity contribution in [3.8, 4) is 5.75 Å². The Morgan fingerprint density at radius 2 is 1.90 bits per heavy atom. The zero-order valence-corrected chi connectivity index (χ0v) is 12.7. The van der Waals surface area contributed by atoms with Gasteiger partial charge in [0.1, 0.15) is 5.75 Å². The van der Waals surface area contributed by atoms with Crippen LogP contribution in [0.25, 0.3) is 0 Å². The lowest BCUT2D eigenvalue weighted by atomic mass is 10.3. The first-order chi connectivity index (χ1) is 9.97. The van der Waals surface area contributed by atoms with Gasteiger partial charge in [0.05, 0.1) is 4.92 Å². The van der Waals surface area contributed by atoms with Gasteiger partial charge in [0.15, 0.2) is 11.7 Å². The minimum Gasteiger partial charge on any atom is -0.484 e. The van der Waals surface area contributed by atoms with Crippen LogP contribution in [-0.4, -0.2) is 40.5 Å². The van der Waals surface area contributed by atoms with Crippen molar-refractivity contribution >= 4 is 28.9 Å². The van der Waals surface area contributed by atoms with Crippen molar-refractivity contribution in [2.45, 2.75) is 13.8 Å². The molecule has 8 heteroatoms. The molecule has 1 aromatic carbocycles. The summed E-state index contributed by atoms with van der Waals surface area (Å²) in [4.78, 5) is 23.5. The molecule has 114 valence electrons. The van der Waals surface area contributed by atoms with Gasteiger partial charge in [0.2, 0.25) is 0 Å². The molecule has 1 rings (SSSR count). The SMILES string of the molecule is CCN(CC)C(=S)NC(=O)COc1ccc([N+](=O)[O-])cc1. The first-order valence-electron chi connectivity index (χ1n) is 6.43. The lowest BCUT2D eigenvalue weighted by molar-refractivity contribution is -0.384. The molecule has 21 heavy (non-hydrogen) atoms. The van der Waals surface area contributed by atoms with E-state index >= 15 is 0 Å². The smallest absolute Gasteiger partial charge is 0.269 e. The highest BCUT2D eigenvalue weighted by molar-refractivity contribution is 7.80. The van der Waals surface area contributed by atoms with Crippen LogP contribution in [0.1, 0.15) is 13.8 Å². The zero-order valence-electron chi connectivity index (χ0n) is 11.9. The maximum atomic E-state index is 11.7. The van der Waals surface area contributed by atoms with Crippen LogP contribution in [0.4, 0.5) is 5.69 Å². The summed E-state index contributed by atoms with van der Waals surface area (Å²) in [6, 6.07) is 5.50. The highest BCUT2D eigenvalue weighted by Crippen LogP contribution is 2.16. The number of benzene rings is 1. The summed E-state index contributed by atoms with van der Waals surface area (Å²) in [7, 11) is 0. The minimum atomic E-state index is -0.501. The van der Waals surface area contributed by atoms with Gasteiger partial charge in [-0.25, -0.2) is 0 Å². The number of amides is 1. The third-order valence-electron chi connectivity index (χ3n) is 2.71. The largest absolute Gasteiger partial charge is 0.484 e. The van der Waals surface area contributed by atoms with Crippen molar-refractivity contribution in [1.82, 2.24) is 10.2 Å². The molecular weight excluding hydrogens is 294 g/mol. The van der Waals surface area contributed by atoms with Crippen molar-refractivity contribution in [2.24, 2.45) is 0 Å². The highest BCUT2D eigenvalue weighted by Gasteiger charge is 2.10. The van der Waals surface area contributed by atoms with Crippen molar-refractivity contribution in [2.75, 3.05) is 19.7 Å². The number of non-ortho nitro benzene ring substituents is 1. The van der Waals surface area contributed by atoms with Gasteiger partial charge in [-0.3, -0.25) is 14.9 Å². The molecule has 0 fully saturated rings. The molecule has 0 aliphatic carbocycles. The number of rotatable bonds is 6. The Labute approximate surface area is 128 Å². The number of carbonyl (C=O) groups is 1. The van der Waals surface area contributed by atoms with Gasteiger partial charge in [0.25, 0.3) is 11.6 Å². The second-order valence-electron chi connectivity index (χ2n) is 4.07. The van der Waals surface area contributed by atoms with Crippen LogP contribution >= 0.6 is 12.2 Å². The van der Waals surface area contributed by atoms with E-state index in [1.165, 1.54) is 24.3 Å². The summed E-state index contributed by atoms with van der Waals surface area (Å²) < 4.78 is 5.24. The third kappa shape index (κ3) is 5.35. The molecule has 0 aromatic heterocycles. The van der Waals surface area contributed by atoms with Crippen LogP contribution < -0.4 is 10.1 Å². The van der Waals surface area contributed by atoms with Crippen LogP contribution in [-0.2, 0) is 4.79 Å². The zero-order chi connectivity index (χ0) is 15.8. The normalized spacial score (nSPS) is 9.81. The fourth-order valence-electron chi connectivity index (χ4n) is 1.56. The monoisotopic (exact) mass is 311 g/mol. The first-order valence-corrected chi connectivity index (χ1v) is 6.84. The molecule has 0 radical (unpaired) electrons. The molecule has 0 unspecified atom stereocenters. The van der Waals surface area contributed by atoms with Crippen LogP contribution in [0.15, 0.2) is 24.3 Å². The Kier molecular flexibility index (Phi) is 6.54. The van der Waals surface area contributed by atoms with Crippen molar-refractivity contribution in [1.29, 1.82) is 0 Å². The maximum absolute atomic E-state index is 11.7. The molecule has 0 saturated heterocycles. The molecule has 0 spiro atoms. The summed E-state index contributed by atoms with van der Waals surface area (Å²) in [6.07, 6.45) is 0. The van der Waals surface area contributed by atoms with E-state index < -0.39 is 4.92 Å². The Morgan fingerprint density at radius 3 is 2.38 bits per heavy atom. The highest BCUT2D eigenvalue weighted by atomic mass is 32.1. The third-order valence-corrected chi connectivity index (χ3v) is 3.07. The molecule has 0 heterocycles. The van der Waals surface area contributed by atoms with Gasteiger partial charge in [-0.1, -0.05) is 0 Å². The number of hydrogen-bond acceptors (Lipinski definition) is 5. The Hall–Kier alpha value is -2.22. The summed E-state index contributed by atoms with van der Waals surface area (Å²) in [5.74, 6) is 0.00904. The number of hydrogen-bond donors (Lipinski definition) is 1. The van der Waals surface area contributed by atoms with Gasteiger partial charge in [-0.2, -0.15) is 0 Å². The van der Waals surface area contributed by atoms with E-state index in [4.69, 9.17) is 17.0 Å². The standard InChI is InChI=1S/C13H17N3O4S/c1-3-15(4-2)13(21)14-12(17)9-20-11-7-5-10(6-8-11)16(18)19/h5-8H,3-4,9H2,1-2H3,(H,14,17,21). The Bertz CT molecular complexity index is 515. The number of carbonyl (C=O) groups excluding carboxylic acids is 1. The maximum Gasteiger partial charge on any atom is 0.269 e. The van der Waals surface area contributed by atoms with E-state index in [-0.39, 0.29) is 18.2 Å². The number of ether oxygens (including phenoxy) is 1. The van der Waals surface area contributed by atoms with Crippen molar-refractivity contribution < 1.29 is 14.5 Å². The molecule has 1 N–H and O–H groups in total. The predicted molar refractivity (Wildman–Crippen MR) is 82.3 cm³/mol. The average Bonchev–Trinajstić information content (AvgIpc) is 2.46. The molecule has 0 aliphatic heterocycles. The van der Waals surface area contributed by atoms with Gasteiger partial charge in [-0.05, 0) is 38.2 Å². The van der Waals surface area contributed by atoms with Gasteiger partial charge < -0.3 is 15.0 Å². The molecule has 0 saturated carbocycles. The van der Waals surface area contributed by atoms with Crippen LogP contribution in [0, 0.1) is 10.1 Å². The van der Waals surface area contributed by atoms with Crippen molar-refractivity contribution in [3.05, 3.63) is 34.4 Å². The number of nitro benzene ring substituents is 1. The fourth-order valence-corrected chi connectivity index (χ4v) is 1.93. The summed E-state index contributed by atoms with van der Waals surface area (Å²) >= 11 is 5.09. The van der Waals surface area contributed by atoms with E-state index in [9.17, 15) is 14.9 Å². The molecule has 0 atom stereocenters. The van der Waals surface area contributed by atoms with Gasteiger partial charge in [0, 0.05) is 25.2 Å². The van der Waals surface area contributed by atoms with E-state index in [1.54, 1.807) is 0 Å². The van der Waals surface area contributed by atoms with Crippen molar-refractivity contribution in [3.63, 3.8) is 0 Å². The second kappa shape index (κ2) is 8.15. The molecule has 7 nitrogen and oxygen atoms in total. The topological polar surface area (TPSA) is 84.7 Å². The number of thiocarbonyl (C=S) groups is 1. The Balaban J connectivity index is 2.46. The number of nitrogens with zero attached hydrogens (tertiary/aromatic N) is 2. The molecular formula is C13H17N3O4S. The van der Waals surface area contributed by atoms with Crippen LogP contribution in [0.5, 0.6) is 5.75 Å². The van der Waals surface area contributed by atoms with Crippen LogP contribution in [0.2, 0.25) is 0 Å². The summed E-state index contributed by atoms with van der Waals surface area (Å²) in [6.45, 7) is 5.08. The van der Waals surface area contributed by atoms with E-state index in [1.807, 2.05) is 18.7 Å². The fraction of sp³-hybridized carbons (Fsp3) is 0.385. The summed E-state index contributed by atoms with van der Waals surface area (Å²) in [5, 5.41) is 13.4. The van der Waals surface area contributed by atoms with Gasteiger partial charge in [-0.15, -0.1) is 0 Å². The molecule has 0 bridgehead atoms. The van der Waals surface area contributed by atoms with E-state index in [2.05, 4.69) is 5.32 Å². The van der Waals surface area contributed by atoms with E-state index in [0.29, 0.717) is 24.0 Å². The quantitative estimate of drug-likeness (QED) is 0.489. The van der Waals surface area contributed by atoms with E-state index in [0.717, 1.165) is 0 Å². The summed E-state index contributed by atoms with van der Waals surface area (Å²) in [5.41, 5.74) is -0.0329. The number of nitrogens with one attached hydrogen (secondary N) is 1. The number of nitro groups is 1. The predicted octanol–water partition coefficient (Wildman–Crippen LogP) is 1.72. The lowest BCUT2D eigenvalue weighted by Gasteiger charge is -2.21. The molecule has 0 aliphatic rings. The van der Waals surface area contributed by atoms with Crippen LogP contribution in [0.3, 0.4) is 0 Å². The minimum absolute atomic E-state index is 0.0329. The average molecular weight is 311 g/mol.